The largest absolute Gasteiger partial charge is 0.481 e. The van der Waals surface area contributed by atoms with Gasteiger partial charge in [0.2, 0.25) is 0 Å². The van der Waals surface area contributed by atoms with E-state index in [1.165, 1.54) is 0 Å². The third-order valence-corrected chi connectivity index (χ3v) is 2.09. The number of nitrogens with two attached hydrogens (primary N) is 1. The van der Waals surface area contributed by atoms with Crippen LogP contribution in [0.3, 0.4) is 0 Å². The molecule has 0 radical (unpaired) electrons. The third kappa shape index (κ3) is 2.06. The second-order valence-corrected chi connectivity index (χ2v) is 3.08. The summed E-state index contributed by atoms with van der Waals surface area (Å²) in [4.78, 5) is 21.8. The minimum Gasteiger partial charge on any atom is -0.481 e. The van der Waals surface area contributed by atoms with Crippen LogP contribution < -0.4 is 5.84 Å². The van der Waals surface area contributed by atoms with Gasteiger partial charge in [-0.15, -0.1) is 0 Å². The summed E-state index contributed by atoms with van der Waals surface area (Å²) < 4.78 is 0. The molecule has 0 spiro atoms. The Morgan fingerprint density at radius 2 is 2.31 bits per heavy atom. The van der Waals surface area contributed by atoms with Crippen molar-refractivity contribution in [3.63, 3.8) is 0 Å². The molecule has 13 heavy (non-hydrogen) atoms. The number of carboxylic acid groups (broad SMARTS) is 1. The van der Waals surface area contributed by atoms with Crippen molar-refractivity contribution in [2.24, 2.45) is 5.84 Å². The van der Waals surface area contributed by atoms with E-state index in [-0.39, 0.29) is 12.3 Å². The van der Waals surface area contributed by atoms with Gasteiger partial charge in [0, 0.05) is 12.1 Å². The lowest BCUT2D eigenvalue weighted by molar-refractivity contribution is -0.138. The fourth-order valence-corrected chi connectivity index (χ4v) is 1.27. The molecular formula is C8H12N2O3. The lowest BCUT2D eigenvalue weighted by atomic mass is 9.99. The van der Waals surface area contributed by atoms with E-state index in [4.69, 9.17) is 10.9 Å². The fraction of sp³-hybridized carbons (Fsp3) is 0.500. The summed E-state index contributed by atoms with van der Waals surface area (Å²) in [5.74, 6) is 3.99. The quantitative estimate of drug-likeness (QED) is 0.463. The first-order valence-corrected chi connectivity index (χ1v) is 3.99. The summed E-state index contributed by atoms with van der Waals surface area (Å²) in [6, 6.07) is 0. The number of nitrogens with zero attached hydrogens (tertiary/aromatic N) is 1. The summed E-state index contributed by atoms with van der Waals surface area (Å²) >= 11 is 0. The number of carboxylic acids is 1. The van der Waals surface area contributed by atoms with Gasteiger partial charge in [-0.3, -0.25) is 14.6 Å². The fourth-order valence-electron chi connectivity index (χ4n) is 1.27. The van der Waals surface area contributed by atoms with Crippen molar-refractivity contribution in [2.75, 3.05) is 6.54 Å². The summed E-state index contributed by atoms with van der Waals surface area (Å²) in [5, 5.41) is 9.60. The Balaban J connectivity index is 2.88. The molecule has 1 aliphatic rings. The molecule has 0 fully saturated rings. The van der Waals surface area contributed by atoms with Crippen LogP contribution in [0.4, 0.5) is 0 Å². The maximum Gasteiger partial charge on any atom is 0.308 e. The minimum atomic E-state index is -1.00. The van der Waals surface area contributed by atoms with Gasteiger partial charge in [-0.1, -0.05) is 5.57 Å². The summed E-state index contributed by atoms with van der Waals surface area (Å²) in [6.07, 6.45) is 0.420. The van der Waals surface area contributed by atoms with Crippen LogP contribution in [0, 0.1) is 0 Å². The molecule has 0 saturated carbocycles. The van der Waals surface area contributed by atoms with Crippen molar-refractivity contribution in [3.05, 3.63) is 11.1 Å². The molecule has 0 aliphatic carbocycles. The van der Waals surface area contributed by atoms with Gasteiger partial charge in [0.1, 0.15) is 0 Å². The van der Waals surface area contributed by atoms with Crippen LogP contribution in [0.25, 0.3) is 0 Å². The highest BCUT2D eigenvalue weighted by Crippen LogP contribution is 2.19. The molecule has 0 bridgehead atoms. The molecule has 0 unspecified atom stereocenters. The Labute approximate surface area is 75.8 Å². The Morgan fingerprint density at radius 1 is 1.69 bits per heavy atom. The molecule has 0 aromatic rings. The van der Waals surface area contributed by atoms with Crippen LogP contribution in [-0.4, -0.2) is 28.5 Å². The Hall–Kier alpha value is -1.36. The Kier molecular flexibility index (Phi) is 2.67. The molecule has 0 aromatic carbocycles. The van der Waals surface area contributed by atoms with Crippen LogP contribution in [0.15, 0.2) is 11.1 Å². The standard InChI is InChI=1S/C8H12N2O3/c1-5-2-3-10(9)8(13)6(5)4-7(11)12/h2-4,9H2,1H3,(H,11,12). The van der Waals surface area contributed by atoms with Gasteiger partial charge < -0.3 is 5.11 Å². The van der Waals surface area contributed by atoms with E-state index in [9.17, 15) is 9.59 Å². The normalized spacial score (nSPS) is 18.0. The topological polar surface area (TPSA) is 83.6 Å². The molecule has 0 aromatic heterocycles. The second kappa shape index (κ2) is 3.57. The molecule has 3 N–H and O–H groups in total. The van der Waals surface area contributed by atoms with E-state index >= 15 is 0 Å². The van der Waals surface area contributed by atoms with Gasteiger partial charge in [-0.05, 0) is 13.3 Å². The minimum absolute atomic E-state index is 0.238. The molecule has 5 nitrogen and oxygen atoms in total. The molecule has 1 aliphatic heterocycles. The van der Waals surface area contributed by atoms with Crippen LogP contribution in [0.5, 0.6) is 0 Å². The number of carbonyl (C=O) groups excluding carboxylic acids is 1. The number of hydrogen-bond acceptors (Lipinski definition) is 3. The van der Waals surface area contributed by atoms with Crippen LogP contribution in [0.2, 0.25) is 0 Å². The van der Waals surface area contributed by atoms with Crippen LogP contribution >= 0.6 is 0 Å². The number of rotatable bonds is 2. The molecule has 1 heterocycles. The Bertz CT molecular complexity index is 283. The Morgan fingerprint density at radius 3 is 2.85 bits per heavy atom. The number of hydrogen-bond donors (Lipinski definition) is 2. The maximum absolute atomic E-state index is 11.4. The third-order valence-electron chi connectivity index (χ3n) is 2.09. The molecular weight excluding hydrogens is 172 g/mol. The van der Waals surface area contributed by atoms with E-state index in [0.29, 0.717) is 18.5 Å². The first-order valence-electron chi connectivity index (χ1n) is 3.99. The molecule has 0 saturated heterocycles. The highest BCUT2D eigenvalue weighted by atomic mass is 16.4. The zero-order valence-electron chi connectivity index (χ0n) is 7.41. The number of hydrazine groups is 1. The van der Waals surface area contributed by atoms with Gasteiger partial charge >= 0.3 is 5.97 Å². The van der Waals surface area contributed by atoms with Crippen molar-refractivity contribution < 1.29 is 14.7 Å². The summed E-state index contributed by atoms with van der Waals surface area (Å²) in [7, 11) is 0. The van der Waals surface area contributed by atoms with E-state index in [0.717, 1.165) is 10.6 Å². The highest BCUT2D eigenvalue weighted by Gasteiger charge is 2.24. The van der Waals surface area contributed by atoms with E-state index in [1.54, 1.807) is 6.92 Å². The summed E-state index contributed by atoms with van der Waals surface area (Å²) in [6.45, 7) is 2.23. The second-order valence-electron chi connectivity index (χ2n) is 3.08. The molecule has 5 heteroatoms. The zero-order valence-corrected chi connectivity index (χ0v) is 7.41. The van der Waals surface area contributed by atoms with E-state index < -0.39 is 5.97 Å². The van der Waals surface area contributed by atoms with Crippen molar-refractivity contribution in [3.8, 4) is 0 Å². The van der Waals surface area contributed by atoms with Crippen molar-refractivity contribution in [1.29, 1.82) is 0 Å². The first-order chi connectivity index (χ1) is 6.02. The summed E-state index contributed by atoms with van der Waals surface area (Å²) in [5.41, 5.74) is 1.15. The first kappa shape index (κ1) is 9.73. The molecule has 1 amide bonds. The average molecular weight is 184 g/mol. The smallest absolute Gasteiger partial charge is 0.308 e. The monoisotopic (exact) mass is 184 g/mol. The van der Waals surface area contributed by atoms with Gasteiger partial charge in [-0.25, -0.2) is 5.84 Å². The molecule has 72 valence electrons. The van der Waals surface area contributed by atoms with Crippen molar-refractivity contribution in [1.82, 2.24) is 5.01 Å². The van der Waals surface area contributed by atoms with Gasteiger partial charge in [0.25, 0.3) is 5.91 Å². The average Bonchev–Trinajstić information content (AvgIpc) is 2.05. The van der Waals surface area contributed by atoms with Crippen molar-refractivity contribution >= 4 is 11.9 Å². The SMILES string of the molecule is CC1=C(CC(=O)O)C(=O)N(N)CC1. The van der Waals surface area contributed by atoms with Gasteiger partial charge in [0.05, 0.1) is 6.42 Å². The zero-order chi connectivity index (χ0) is 10.0. The van der Waals surface area contributed by atoms with Gasteiger partial charge in [0.15, 0.2) is 0 Å². The maximum atomic E-state index is 11.4. The number of aliphatic carboxylic acids is 1. The molecule has 1 rings (SSSR count). The number of amides is 1. The predicted octanol–water partition coefficient (Wildman–Crippen LogP) is -0.116. The van der Waals surface area contributed by atoms with Crippen LogP contribution in [-0.2, 0) is 9.59 Å². The van der Waals surface area contributed by atoms with Crippen LogP contribution in [0.1, 0.15) is 19.8 Å². The van der Waals surface area contributed by atoms with E-state index in [2.05, 4.69) is 0 Å². The highest BCUT2D eigenvalue weighted by molar-refractivity contribution is 5.98. The number of carbonyl (C=O) groups is 2. The van der Waals surface area contributed by atoms with Gasteiger partial charge in [-0.2, -0.15) is 0 Å². The predicted molar refractivity (Wildman–Crippen MR) is 45.5 cm³/mol. The molecule has 0 atom stereocenters. The van der Waals surface area contributed by atoms with Crippen molar-refractivity contribution in [2.45, 2.75) is 19.8 Å². The van der Waals surface area contributed by atoms with E-state index in [1.807, 2.05) is 0 Å². The lowest BCUT2D eigenvalue weighted by Gasteiger charge is -2.24. The lowest BCUT2D eigenvalue weighted by Crippen LogP contribution is -2.42.